The van der Waals surface area contributed by atoms with E-state index in [1.54, 1.807) is 6.08 Å². The van der Waals surface area contributed by atoms with Crippen LogP contribution in [-0.2, 0) is 4.79 Å². The quantitative estimate of drug-likeness (QED) is 0.0422. The predicted molar refractivity (Wildman–Crippen MR) is 138 cm³/mol. The van der Waals surface area contributed by atoms with Gasteiger partial charge >= 0.3 is 0 Å². The third-order valence-electron chi connectivity index (χ3n) is 6.01. The van der Waals surface area contributed by atoms with E-state index in [9.17, 15) is 4.79 Å². The lowest BCUT2D eigenvalue weighted by atomic mass is 10.0. The Kier molecular flexibility index (Phi) is 27.4. The van der Waals surface area contributed by atoms with Crippen LogP contribution in [0.5, 0.6) is 0 Å². The summed E-state index contributed by atoms with van der Waals surface area (Å²) in [7, 11) is -1.34. The molecule has 0 bridgehead atoms. The zero-order valence-corrected chi connectivity index (χ0v) is 22.3. The van der Waals surface area contributed by atoms with Crippen LogP contribution in [0.1, 0.15) is 141 Å². The van der Waals surface area contributed by atoms with Gasteiger partial charge in [0, 0.05) is 0 Å². The minimum Gasteiger partial charge on any atom is -0.211 e. The Labute approximate surface area is 199 Å². The second-order valence-corrected chi connectivity index (χ2v) is 14.1. The van der Waals surface area contributed by atoms with Crippen LogP contribution in [0.4, 0.5) is 0 Å². The molecule has 0 atom stereocenters. The topological polar surface area (TPSA) is 29.4 Å². The number of hydrogen-bond acceptors (Lipinski definition) is 2. The van der Waals surface area contributed by atoms with Gasteiger partial charge in [0.2, 0.25) is 13.5 Å². The fourth-order valence-corrected chi connectivity index (χ4v) is 5.59. The highest BCUT2D eigenvalue weighted by Gasteiger charge is 2.00. The van der Waals surface area contributed by atoms with Crippen LogP contribution in [0.25, 0.3) is 0 Å². The molecule has 178 valence electrons. The van der Waals surface area contributed by atoms with Crippen molar-refractivity contribution in [2.75, 3.05) is 6.54 Å². The molecule has 0 aromatic heterocycles. The predicted octanol–water partition coefficient (Wildman–Crippen LogP) is 9.60. The molecule has 0 unspecified atom stereocenters. The van der Waals surface area contributed by atoms with E-state index < -0.39 is 7.42 Å². The van der Waals surface area contributed by atoms with Gasteiger partial charge in [0.05, 0.1) is 6.54 Å². The summed E-state index contributed by atoms with van der Waals surface area (Å²) in [5.41, 5.74) is 0. The number of nitrogens with zero attached hydrogens (tertiary/aromatic N) is 1. The number of aliphatic imine (C=N–C) groups is 1. The molecular weight excluding hydrogens is 429 g/mol. The zero-order chi connectivity index (χ0) is 22.0. The highest BCUT2D eigenvalue weighted by molar-refractivity contribution is 7.33. The summed E-state index contributed by atoms with van der Waals surface area (Å²) in [6.07, 6.45) is 31.8. The van der Waals surface area contributed by atoms with Gasteiger partial charge < -0.3 is 0 Å². The third kappa shape index (κ3) is 28.2. The Morgan fingerprint density at radius 2 is 0.733 bits per heavy atom. The van der Waals surface area contributed by atoms with Crippen molar-refractivity contribution in [3.05, 3.63) is 0 Å². The molecule has 0 radical (unpaired) electrons. The van der Waals surface area contributed by atoms with Gasteiger partial charge in [-0.3, -0.25) is 0 Å². The van der Waals surface area contributed by atoms with Crippen LogP contribution in [-0.4, -0.2) is 20.0 Å². The lowest BCUT2D eigenvalue weighted by Crippen LogP contribution is -1.91. The SMILES string of the molecule is O=C=NCCCCCCCCCCCCCCCCCCCCCCCC[SiH](Cl)Cl. The largest absolute Gasteiger partial charge is 0.237 e. The first-order chi connectivity index (χ1) is 14.8. The normalized spacial score (nSPS) is 11.2. The first-order valence-corrected chi connectivity index (χ1v) is 17.4. The smallest absolute Gasteiger partial charge is 0.211 e. The van der Waals surface area contributed by atoms with E-state index in [2.05, 4.69) is 4.99 Å². The number of hydrogen-bond donors (Lipinski definition) is 0. The number of unbranched alkanes of at least 4 members (excludes halogenated alkanes) is 21. The van der Waals surface area contributed by atoms with E-state index in [1.165, 1.54) is 135 Å². The Morgan fingerprint density at radius 1 is 0.467 bits per heavy atom. The minimum atomic E-state index is -1.34. The molecule has 0 aliphatic carbocycles. The van der Waals surface area contributed by atoms with Crippen LogP contribution in [0.3, 0.4) is 0 Å². The fourth-order valence-electron chi connectivity index (χ4n) is 4.07. The van der Waals surface area contributed by atoms with Crippen molar-refractivity contribution in [1.29, 1.82) is 0 Å². The molecule has 5 heteroatoms. The standard InChI is InChI=1S/C25H49Cl2NOSi/c26-30(27)24-22-20-18-16-14-12-10-8-6-4-2-1-3-5-7-9-11-13-15-17-19-21-23-28-25-29/h30H,1-24H2. The molecule has 0 rings (SSSR count). The van der Waals surface area contributed by atoms with Crippen molar-refractivity contribution >= 4 is 35.7 Å². The minimum absolute atomic E-state index is 0.664. The molecule has 0 heterocycles. The summed E-state index contributed by atoms with van der Waals surface area (Å²) < 4.78 is 0. The lowest BCUT2D eigenvalue weighted by molar-refractivity contribution is 0.519. The van der Waals surface area contributed by atoms with Gasteiger partial charge in [0.15, 0.2) is 0 Å². The van der Waals surface area contributed by atoms with Crippen molar-refractivity contribution in [3.8, 4) is 0 Å². The molecule has 0 N–H and O–H groups in total. The van der Waals surface area contributed by atoms with E-state index in [1.807, 2.05) is 0 Å². The van der Waals surface area contributed by atoms with Crippen LogP contribution in [0, 0.1) is 0 Å². The van der Waals surface area contributed by atoms with E-state index in [-0.39, 0.29) is 0 Å². The molecule has 30 heavy (non-hydrogen) atoms. The Bertz CT molecular complexity index is 376. The van der Waals surface area contributed by atoms with Crippen molar-refractivity contribution in [1.82, 2.24) is 0 Å². The molecule has 0 spiro atoms. The molecule has 0 aromatic rings. The summed E-state index contributed by atoms with van der Waals surface area (Å²) in [5, 5.41) is 0. The number of carbonyl (C=O) groups excluding carboxylic acids is 1. The number of isocyanates is 1. The fraction of sp³-hybridized carbons (Fsp3) is 0.960. The molecule has 2 nitrogen and oxygen atoms in total. The summed E-state index contributed by atoms with van der Waals surface area (Å²) in [5.74, 6) is 0. The van der Waals surface area contributed by atoms with Gasteiger partial charge in [0.25, 0.3) is 0 Å². The molecule has 0 saturated carbocycles. The van der Waals surface area contributed by atoms with Gasteiger partial charge in [-0.15, -0.1) is 0 Å². The summed E-state index contributed by atoms with van der Waals surface area (Å²) in [4.78, 5) is 13.5. The number of rotatable bonds is 25. The first-order valence-electron chi connectivity index (χ1n) is 13.1. The van der Waals surface area contributed by atoms with Gasteiger partial charge in [-0.25, -0.2) is 9.79 Å². The first kappa shape index (κ1) is 30.2. The van der Waals surface area contributed by atoms with Gasteiger partial charge in [-0.1, -0.05) is 135 Å². The maximum Gasteiger partial charge on any atom is 0.237 e. The summed E-state index contributed by atoms with van der Waals surface area (Å²) >= 11 is 11.8. The van der Waals surface area contributed by atoms with E-state index in [0.717, 1.165) is 12.5 Å². The molecule has 0 aromatic carbocycles. The third-order valence-corrected chi connectivity index (χ3v) is 8.16. The van der Waals surface area contributed by atoms with E-state index in [0.29, 0.717) is 6.54 Å². The van der Waals surface area contributed by atoms with Crippen molar-refractivity contribution in [2.45, 2.75) is 147 Å². The zero-order valence-electron chi connectivity index (χ0n) is 19.7. The summed E-state index contributed by atoms with van der Waals surface area (Å²) in [6.45, 7) is 0.664. The van der Waals surface area contributed by atoms with Crippen molar-refractivity contribution < 1.29 is 4.79 Å². The second kappa shape index (κ2) is 27.2. The van der Waals surface area contributed by atoms with Gasteiger partial charge in [0.1, 0.15) is 0 Å². The van der Waals surface area contributed by atoms with Gasteiger partial charge in [-0.05, 0) is 12.5 Å². The van der Waals surface area contributed by atoms with Crippen molar-refractivity contribution in [2.24, 2.45) is 4.99 Å². The average Bonchev–Trinajstić information content (AvgIpc) is 2.73. The summed E-state index contributed by atoms with van der Waals surface area (Å²) in [6, 6.07) is 1.09. The Balaban J connectivity index is 3.01. The lowest BCUT2D eigenvalue weighted by Gasteiger charge is -2.04. The monoisotopic (exact) mass is 477 g/mol. The van der Waals surface area contributed by atoms with Crippen LogP contribution >= 0.6 is 22.2 Å². The van der Waals surface area contributed by atoms with Crippen LogP contribution in [0.2, 0.25) is 6.04 Å². The van der Waals surface area contributed by atoms with Crippen molar-refractivity contribution in [3.63, 3.8) is 0 Å². The highest BCUT2D eigenvalue weighted by Crippen LogP contribution is 2.16. The molecular formula is C25H49Cl2NOSi. The van der Waals surface area contributed by atoms with Gasteiger partial charge in [-0.2, -0.15) is 22.2 Å². The Morgan fingerprint density at radius 3 is 1.00 bits per heavy atom. The van der Waals surface area contributed by atoms with Crippen LogP contribution < -0.4 is 0 Å². The molecule has 0 amide bonds. The maximum atomic E-state index is 9.95. The van der Waals surface area contributed by atoms with Crippen LogP contribution in [0.15, 0.2) is 4.99 Å². The second-order valence-electron chi connectivity index (χ2n) is 8.93. The van der Waals surface area contributed by atoms with E-state index in [4.69, 9.17) is 22.2 Å². The molecule has 0 saturated heterocycles. The van der Waals surface area contributed by atoms with E-state index >= 15 is 0 Å². The molecule has 0 aliphatic rings. The molecule has 0 fully saturated rings. The average molecular weight is 479 g/mol. The molecule has 0 aliphatic heterocycles. The Hall–Kier alpha value is 0.177. The number of halogens is 2. The highest BCUT2D eigenvalue weighted by atomic mass is 35.7. The maximum absolute atomic E-state index is 9.95.